The Morgan fingerprint density at radius 2 is 1.92 bits per heavy atom. The normalized spacial score (nSPS) is 24.3. The van der Waals surface area contributed by atoms with Gasteiger partial charge in [-0.25, -0.2) is 19.4 Å². The summed E-state index contributed by atoms with van der Waals surface area (Å²) in [5.74, 6) is 2.14. The predicted molar refractivity (Wildman–Crippen MR) is 162 cm³/mol. The summed E-state index contributed by atoms with van der Waals surface area (Å²) in [6.45, 7) is 14.2. The average molecular weight is 583 g/mol. The van der Waals surface area contributed by atoms with Crippen molar-refractivity contribution < 1.29 is 9.53 Å². The van der Waals surface area contributed by atoms with Crippen molar-refractivity contribution in [3.05, 3.63) is 39.5 Å². The van der Waals surface area contributed by atoms with Gasteiger partial charge in [0, 0.05) is 23.6 Å². The van der Waals surface area contributed by atoms with Crippen molar-refractivity contribution in [2.45, 2.75) is 73.3 Å². The number of nitrogens with one attached hydrogen (secondary N) is 2. The zero-order chi connectivity index (χ0) is 29.1. The Hall–Kier alpha value is -2.04. The first kappa shape index (κ1) is 31.5. The minimum Gasteiger partial charge on any atom is -0.379 e. The van der Waals surface area contributed by atoms with Crippen LogP contribution in [0.1, 0.15) is 59.6 Å². The number of hydrogen-bond donors (Lipinski definition) is 2. The Labute approximate surface area is 239 Å². The molecule has 3 rings (SSSR count). The molecule has 5 atom stereocenters. The molecule has 0 aromatic carbocycles. The predicted octanol–water partition coefficient (Wildman–Crippen LogP) is 4.76. The van der Waals surface area contributed by atoms with E-state index in [1.54, 1.807) is 17.1 Å². The highest BCUT2D eigenvalue weighted by Gasteiger charge is 2.43. The van der Waals surface area contributed by atoms with Crippen LogP contribution in [0.2, 0.25) is 5.02 Å². The highest BCUT2D eigenvalue weighted by atomic mass is 35.5. The molecule has 2 heterocycles. The van der Waals surface area contributed by atoms with Crippen molar-refractivity contribution in [2.75, 3.05) is 36.4 Å². The number of carbonyl (C=O) groups is 1. The maximum atomic E-state index is 12.9. The minimum absolute atomic E-state index is 0.0533. The summed E-state index contributed by atoms with van der Waals surface area (Å²) in [5.41, 5.74) is 1.12. The summed E-state index contributed by atoms with van der Waals surface area (Å²) in [6.07, 6.45) is 12.9. The van der Waals surface area contributed by atoms with E-state index in [9.17, 15) is 9.59 Å². The van der Waals surface area contributed by atoms with Gasteiger partial charge in [0.2, 0.25) is 5.91 Å². The summed E-state index contributed by atoms with van der Waals surface area (Å²) >= 11 is 6.47. The van der Waals surface area contributed by atoms with Gasteiger partial charge in [0.25, 0.3) is 5.56 Å². The van der Waals surface area contributed by atoms with Crippen molar-refractivity contribution in [1.82, 2.24) is 24.9 Å². The first-order valence-corrected chi connectivity index (χ1v) is 17.1. The van der Waals surface area contributed by atoms with Gasteiger partial charge in [-0.15, -0.1) is 0 Å². The molecular weight excluding hydrogens is 536 g/mol. The summed E-state index contributed by atoms with van der Waals surface area (Å²) in [6, 6.07) is -0.106. The zero-order valence-corrected chi connectivity index (χ0v) is 26.5. The van der Waals surface area contributed by atoms with Crippen LogP contribution >= 0.6 is 21.6 Å². The second-order valence-electron chi connectivity index (χ2n) is 12.6. The highest BCUT2D eigenvalue weighted by Crippen LogP contribution is 2.48. The number of carbonyl (C=O) groups excluding carboxylic acids is 1. The number of hydrogen-bond acceptors (Lipinski definition) is 6. The maximum Gasteiger partial charge on any atom is 0.288 e. The van der Waals surface area contributed by atoms with Crippen LogP contribution in [0.15, 0.2) is 23.4 Å². The molecule has 0 saturated heterocycles. The summed E-state index contributed by atoms with van der Waals surface area (Å²) < 4.78 is 8.54. The third kappa shape index (κ3) is 8.01. The van der Waals surface area contributed by atoms with Gasteiger partial charge in [-0.2, -0.15) is 10.2 Å². The molecule has 1 saturated carbocycles. The summed E-state index contributed by atoms with van der Waals surface area (Å²) in [7, 11) is -0.595. The van der Waals surface area contributed by atoms with Gasteiger partial charge in [0.1, 0.15) is 18.3 Å². The molecule has 39 heavy (non-hydrogen) atoms. The van der Waals surface area contributed by atoms with E-state index in [1.165, 1.54) is 0 Å². The molecule has 1 unspecified atom stereocenters. The number of halogens is 1. The van der Waals surface area contributed by atoms with Gasteiger partial charge in [0.15, 0.2) is 0 Å². The SMILES string of the molecule is CC(NC(=O)Cn1ncc(N[C@@H]2C[C@H](C)C(C)(C)[C@H](C)[C@H]2C)c(Cl)c1=O)c1cnn(COCCS(C)(C)C)c1. The number of rotatable bonds is 11. The van der Waals surface area contributed by atoms with E-state index in [-0.39, 0.29) is 35.0 Å². The van der Waals surface area contributed by atoms with Crippen LogP contribution in [0.25, 0.3) is 0 Å². The van der Waals surface area contributed by atoms with Gasteiger partial charge >= 0.3 is 0 Å². The quantitative estimate of drug-likeness (QED) is 0.370. The number of ether oxygens (including phenoxy) is 1. The minimum atomic E-state index is -0.595. The lowest BCUT2D eigenvalue weighted by Gasteiger charge is -2.50. The molecule has 0 spiro atoms. The zero-order valence-electron chi connectivity index (χ0n) is 25.0. The first-order valence-electron chi connectivity index (χ1n) is 13.7. The number of aromatic nitrogens is 4. The van der Waals surface area contributed by atoms with Crippen molar-refractivity contribution in [3.63, 3.8) is 0 Å². The molecule has 9 nitrogen and oxygen atoms in total. The second kappa shape index (κ2) is 12.6. The summed E-state index contributed by atoms with van der Waals surface area (Å²) in [5, 5.41) is 15.0. The van der Waals surface area contributed by atoms with Crippen LogP contribution in [0, 0.1) is 23.2 Å². The third-order valence-electron chi connectivity index (χ3n) is 8.69. The molecule has 2 aromatic rings. The van der Waals surface area contributed by atoms with E-state index in [0.717, 1.165) is 22.4 Å². The number of anilines is 1. The number of nitrogens with zero attached hydrogens (tertiary/aromatic N) is 4. The third-order valence-corrected chi connectivity index (χ3v) is 10.4. The molecule has 2 aromatic heterocycles. The fraction of sp³-hybridized carbons (Fsp3) is 0.714. The van der Waals surface area contributed by atoms with Crippen molar-refractivity contribution in [3.8, 4) is 0 Å². The molecule has 0 bridgehead atoms. The average Bonchev–Trinajstić information content (AvgIpc) is 3.32. The lowest BCUT2D eigenvalue weighted by atomic mass is 9.58. The molecule has 0 radical (unpaired) electrons. The first-order chi connectivity index (χ1) is 18.1. The van der Waals surface area contributed by atoms with Gasteiger partial charge in [0.05, 0.1) is 30.7 Å². The topological polar surface area (TPSA) is 103 Å². The van der Waals surface area contributed by atoms with E-state index < -0.39 is 15.6 Å². The van der Waals surface area contributed by atoms with Crippen LogP contribution in [0.3, 0.4) is 0 Å². The summed E-state index contributed by atoms with van der Waals surface area (Å²) in [4.78, 5) is 25.7. The van der Waals surface area contributed by atoms with Crippen LogP contribution in [-0.2, 0) is 22.8 Å². The smallest absolute Gasteiger partial charge is 0.288 e. The van der Waals surface area contributed by atoms with Crippen LogP contribution in [-0.4, -0.2) is 62.6 Å². The molecule has 1 amide bonds. The van der Waals surface area contributed by atoms with Crippen molar-refractivity contribution in [1.29, 1.82) is 0 Å². The van der Waals surface area contributed by atoms with E-state index in [1.807, 2.05) is 13.1 Å². The van der Waals surface area contributed by atoms with Crippen molar-refractivity contribution >= 4 is 33.2 Å². The van der Waals surface area contributed by atoms with Crippen LogP contribution in [0.4, 0.5) is 5.69 Å². The van der Waals surface area contributed by atoms with Crippen LogP contribution < -0.4 is 16.2 Å². The molecule has 0 aliphatic heterocycles. The Kier molecular flexibility index (Phi) is 10.2. The molecule has 11 heteroatoms. The van der Waals surface area contributed by atoms with Gasteiger partial charge in [-0.3, -0.25) is 9.59 Å². The molecule has 2 N–H and O–H groups in total. The lowest BCUT2D eigenvalue weighted by molar-refractivity contribution is -0.122. The standard InChI is InChI=1S/C28H47ClN6O3S/c1-18-12-23(19(2)20(3)28(18,5)6)33-24-14-31-35(27(37)26(24)29)16-25(36)32-21(4)22-13-30-34(15-22)17-38-10-11-39(7,8)9/h13-15,18-21,23,33H,10-12,16-17H2,1-9H3,(H,32,36)/t18-,19+,20+,21?,23+/m0/s1. The molecule has 220 valence electrons. The van der Waals surface area contributed by atoms with E-state index in [2.05, 4.69) is 74.2 Å². The molecule has 1 aliphatic rings. The Morgan fingerprint density at radius 3 is 2.59 bits per heavy atom. The van der Waals surface area contributed by atoms with Gasteiger partial charge in [-0.05, 0) is 55.3 Å². The largest absolute Gasteiger partial charge is 0.379 e. The van der Waals surface area contributed by atoms with Gasteiger partial charge in [-0.1, -0.05) is 46.2 Å². The van der Waals surface area contributed by atoms with Gasteiger partial charge < -0.3 is 15.4 Å². The van der Waals surface area contributed by atoms with E-state index >= 15 is 0 Å². The van der Waals surface area contributed by atoms with E-state index in [0.29, 0.717) is 36.8 Å². The maximum absolute atomic E-state index is 12.9. The molecule has 1 fully saturated rings. The monoisotopic (exact) mass is 582 g/mol. The second-order valence-corrected chi connectivity index (χ2v) is 17.6. The van der Waals surface area contributed by atoms with E-state index in [4.69, 9.17) is 16.3 Å². The van der Waals surface area contributed by atoms with Crippen molar-refractivity contribution in [2.24, 2.45) is 23.2 Å². The number of amides is 1. The highest BCUT2D eigenvalue weighted by molar-refractivity contribution is 8.32. The lowest BCUT2D eigenvalue weighted by Crippen LogP contribution is -2.48. The molecular formula is C28H47ClN6O3S. The Balaban J connectivity index is 1.56. The fourth-order valence-electron chi connectivity index (χ4n) is 5.09. The fourth-order valence-corrected chi connectivity index (χ4v) is 5.91. The molecule has 1 aliphatic carbocycles. The Morgan fingerprint density at radius 1 is 1.23 bits per heavy atom. The Bertz CT molecular complexity index is 1190. The van der Waals surface area contributed by atoms with Crippen LogP contribution in [0.5, 0.6) is 0 Å².